The SMILES string of the molecule is Cc1cc2ccccc2c(-c2ccc(-c3cccc(-c4nc(-c5ccccc5)nc(-c5ccccc5)n4)c3)cc2)n1.Cc1ccc2cccc(-c3ccc(-c4nc(-c5ccccc5)nc(-c5ccccc5)n4)cc3)c2n1. The summed E-state index contributed by atoms with van der Waals surface area (Å²) >= 11 is 0. The van der Waals surface area contributed by atoms with Crippen LogP contribution in [0.3, 0.4) is 0 Å². The third-order valence-corrected chi connectivity index (χ3v) is 13.2. The third kappa shape index (κ3) is 10.1. The summed E-state index contributed by atoms with van der Waals surface area (Å²) in [6, 6.07) is 86.5. The molecule has 4 aromatic heterocycles. The maximum Gasteiger partial charge on any atom is 0.164 e. The van der Waals surface area contributed by atoms with Gasteiger partial charge in [0.15, 0.2) is 34.9 Å². The molecule has 0 aliphatic heterocycles. The van der Waals surface area contributed by atoms with Crippen LogP contribution in [0, 0.1) is 13.8 Å². The number of rotatable bonds is 9. The van der Waals surface area contributed by atoms with Gasteiger partial charge in [-0.15, -0.1) is 0 Å². The molecule has 0 unspecified atom stereocenters. The lowest BCUT2D eigenvalue weighted by molar-refractivity contribution is 1.07. The van der Waals surface area contributed by atoms with Gasteiger partial charge < -0.3 is 0 Å². The summed E-state index contributed by atoms with van der Waals surface area (Å²) in [4.78, 5) is 38.7. The van der Waals surface area contributed by atoms with Crippen LogP contribution in [-0.4, -0.2) is 39.9 Å². The molecule has 360 valence electrons. The Morgan fingerprint density at radius 1 is 0.224 bits per heavy atom. The highest BCUT2D eigenvalue weighted by molar-refractivity contribution is 5.96. The van der Waals surface area contributed by atoms with E-state index in [1.54, 1.807) is 0 Å². The van der Waals surface area contributed by atoms with Gasteiger partial charge in [-0.25, -0.2) is 29.9 Å². The first kappa shape index (κ1) is 46.9. The average Bonchev–Trinajstić information content (AvgIpc) is 3.50. The molecule has 0 atom stereocenters. The van der Waals surface area contributed by atoms with E-state index < -0.39 is 0 Å². The molecule has 8 nitrogen and oxygen atoms in total. The van der Waals surface area contributed by atoms with Gasteiger partial charge in [-0.3, -0.25) is 9.97 Å². The van der Waals surface area contributed by atoms with Crippen LogP contribution >= 0.6 is 0 Å². The van der Waals surface area contributed by atoms with Crippen LogP contribution in [0.15, 0.2) is 255 Å². The Labute approximate surface area is 441 Å². The first-order chi connectivity index (χ1) is 37.5. The Morgan fingerprint density at radius 2 is 0.618 bits per heavy atom. The summed E-state index contributed by atoms with van der Waals surface area (Å²) in [6.07, 6.45) is 0. The van der Waals surface area contributed by atoms with E-state index in [0.29, 0.717) is 34.9 Å². The number of hydrogen-bond donors (Lipinski definition) is 0. The monoisotopic (exact) mass is 976 g/mol. The molecule has 0 spiro atoms. The van der Waals surface area contributed by atoms with Crippen molar-refractivity contribution >= 4 is 21.7 Å². The van der Waals surface area contributed by atoms with E-state index in [2.05, 4.69) is 127 Å². The first-order valence-electron chi connectivity index (χ1n) is 25.2. The Bertz CT molecular complexity index is 4040. The highest BCUT2D eigenvalue weighted by Crippen LogP contribution is 2.34. The van der Waals surface area contributed by atoms with E-state index in [1.165, 1.54) is 5.39 Å². The summed E-state index contributed by atoms with van der Waals surface area (Å²) in [5.74, 6) is 3.92. The van der Waals surface area contributed by atoms with Crippen LogP contribution in [0.25, 0.3) is 124 Å². The van der Waals surface area contributed by atoms with Crippen LogP contribution in [0.2, 0.25) is 0 Å². The summed E-state index contributed by atoms with van der Waals surface area (Å²) in [6.45, 7) is 4.07. The van der Waals surface area contributed by atoms with E-state index in [4.69, 9.17) is 39.9 Å². The molecule has 0 bridgehead atoms. The molecule has 0 aliphatic rings. The van der Waals surface area contributed by atoms with Crippen molar-refractivity contribution in [1.82, 2.24) is 39.9 Å². The predicted octanol–water partition coefficient (Wildman–Crippen LogP) is 16.5. The third-order valence-electron chi connectivity index (χ3n) is 13.2. The van der Waals surface area contributed by atoms with Gasteiger partial charge in [-0.2, -0.15) is 0 Å². The second-order valence-corrected chi connectivity index (χ2v) is 18.5. The quantitative estimate of drug-likeness (QED) is 0.141. The normalized spacial score (nSPS) is 11.0. The fourth-order valence-electron chi connectivity index (χ4n) is 9.36. The number of nitrogens with zero attached hydrogens (tertiary/aromatic N) is 8. The maximum absolute atomic E-state index is 4.89. The van der Waals surface area contributed by atoms with Crippen LogP contribution < -0.4 is 0 Å². The van der Waals surface area contributed by atoms with Crippen molar-refractivity contribution in [1.29, 1.82) is 0 Å². The molecule has 0 saturated carbocycles. The van der Waals surface area contributed by atoms with Gasteiger partial charge in [0.05, 0.1) is 11.2 Å². The molecule has 76 heavy (non-hydrogen) atoms. The Morgan fingerprint density at radius 3 is 1.16 bits per heavy atom. The number of hydrogen-bond acceptors (Lipinski definition) is 8. The molecule has 0 fully saturated rings. The predicted molar refractivity (Wildman–Crippen MR) is 309 cm³/mol. The zero-order valence-electron chi connectivity index (χ0n) is 41.8. The standard InChI is InChI=1S/C37H26N4.C31H22N4/c1-25-23-31-15-8-9-18-33(31)34(38-25)27-21-19-26(20-22-27)30-16-10-17-32(24-30)37-40-35(28-11-4-2-5-12-28)39-36(41-37)29-13-6-3-7-14-29;1-21-15-16-23-13-8-14-27(28(23)32-21)22-17-19-26(20-18-22)31-34-29(24-9-4-2-5-10-24)33-30(35-31)25-11-6-3-7-12-25/h2-24H,1H3;2-20H,1H3. The van der Waals surface area contributed by atoms with Crippen molar-refractivity contribution in [2.24, 2.45) is 0 Å². The lowest BCUT2D eigenvalue weighted by Crippen LogP contribution is -2.00. The Balaban J connectivity index is 0.000000155. The molecule has 9 aromatic carbocycles. The molecule has 0 saturated heterocycles. The van der Waals surface area contributed by atoms with Crippen molar-refractivity contribution in [2.45, 2.75) is 13.8 Å². The van der Waals surface area contributed by atoms with Crippen molar-refractivity contribution in [3.63, 3.8) is 0 Å². The smallest absolute Gasteiger partial charge is 0.164 e. The molecule has 0 N–H and O–H groups in total. The van der Waals surface area contributed by atoms with Crippen molar-refractivity contribution < 1.29 is 0 Å². The lowest BCUT2D eigenvalue weighted by Gasteiger charge is -2.11. The Kier molecular flexibility index (Phi) is 13.0. The van der Waals surface area contributed by atoms with E-state index >= 15 is 0 Å². The maximum atomic E-state index is 4.89. The minimum atomic E-state index is 0.645. The van der Waals surface area contributed by atoms with Gasteiger partial charge in [0.2, 0.25) is 0 Å². The fourth-order valence-corrected chi connectivity index (χ4v) is 9.36. The molecule has 13 rings (SSSR count). The molecule has 0 amide bonds. The van der Waals surface area contributed by atoms with E-state index in [9.17, 15) is 0 Å². The molecular formula is C68H48N8. The summed E-state index contributed by atoms with van der Waals surface area (Å²) in [7, 11) is 0. The van der Waals surface area contributed by atoms with Gasteiger partial charge in [0, 0.05) is 66.7 Å². The molecule has 13 aromatic rings. The summed E-state index contributed by atoms with van der Waals surface area (Å²) < 4.78 is 0. The number of benzene rings is 9. The van der Waals surface area contributed by atoms with Gasteiger partial charge >= 0.3 is 0 Å². The zero-order chi connectivity index (χ0) is 51.2. The largest absolute Gasteiger partial charge is 0.252 e. The van der Waals surface area contributed by atoms with Crippen LogP contribution in [0.1, 0.15) is 11.4 Å². The van der Waals surface area contributed by atoms with E-state index in [1.807, 2.05) is 141 Å². The topological polar surface area (TPSA) is 103 Å². The van der Waals surface area contributed by atoms with Crippen LogP contribution in [-0.2, 0) is 0 Å². The molecule has 0 radical (unpaired) electrons. The summed E-state index contributed by atoms with van der Waals surface area (Å²) in [5, 5.41) is 3.50. The number of fused-ring (bicyclic) bond motifs is 2. The minimum absolute atomic E-state index is 0.645. The van der Waals surface area contributed by atoms with Gasteiger partial charge in [-0.1, -0.05) is 237 Å². The van der Waals surface area contributed by atoms with Crippen molar-refractivity contribution in [3.8, 4) is 102 Å². The molecular weight excluding hydrogens is 929 g/mol. The average molecular weight is 977 g/mol. The second-order valence-electron chi connectivity index (χ2n) is 18.5. The number of aromatic nitrogens is 8. The minimum Gasteiger partial charge on any atom is -0.252 e. The highest BCUT2D eigenvalue weighted by atomic mass is 15.0. The second kappa shape index (κ2) is 21.1. The zero-order valence-corrected chi connectivity index (χ0v) is 41.8. The highest BCUT2D eigenvalue weighted by Gasteiger charge is 2.16. The number of pyridine rings is 2. The van der Waals surface area contributed by atoms with Crippen molar-refractivity contribution in [2.75, 3.05) is 0 Å². The van der Waals surface area contributed by atoms with Crippen molar-refractivity contribution in [3.05, 3.63) is 266 Å². The number of para-hydroxylation sites is 1. The van der Waals surface area contributed by atoms with Gasteiger partial charge in [-0.05, 0) is 54.1 Å². The van der Waals surface area contributed by atoms with E-state index in [-0.39, 0.29) is 0 Å². The molecule has 8 heteroatoms. The van der Waals surface area contributed by atoms with E-state index in [0.717, 1.165) is 94.6 Å². The van der Waals surface area contributed by atoms with Gasteiger partial charge in [0.1, 0.15) is 0 Å². The molecule has 4 heterocycles. The Hall–Kier alpha value is -10.2. The number of aryl methyl sites for hydroxylation is 2. The lowest BCUT2D eigenvalue weighted by atomic mass is 9.98. The van der Waals surface area contributed by atoms with Crippen LogP contribution in [0.5, 0.6) is 0 Å². The summed E-state index contributed by atoms with van der Waals surface area (Å²) in [5.41, 5.74) is 15.3. The fraction of sp³-hybridized carbons (Fsp3) is 0.0294. The van der Waals surface area contributed by atoms with Gasteiger partial charge in [0.25, 0.3) is 0 Å². The first-order valence-corrected chi connectivity index (χ1v) is 25.2. The molecule has 0 aliphatic carbocycles. The van der Waals surface area contributed by atoms with Crippen LogP contribution in [0.4, 0.5) is 0 Å².